The Hall–Kier alpha value is -2.34. The van der Waals surface area contributed by atoms with Crippen molar-refractivity contribution in [3.05, 3.63) is 59.7 Å². The van der Waals surface area contributed by atoms with Crippen LogP contribution in [0, 0.1) is 0 Å². The van der Waals surface area contributed by atoms with Crippen LogP contribution in [0.5, 0.6) is 0 Å². The first-order chi connectivity index (χ1) is 11.6. The lowest BCUT2D eigenvalue weighted by atomic mass is 9.98. The minimum Gasteiger partial charge on any atom is -0.449 e. The van der Waals surface area contributed by atoms with E-state index >= 15 is 0 Å². The van der Waals surface area contributed by atoms with E-state index in [0.717, 1.165) is 22.3 Å². The van der Waals surface area contributed by atoms with Gasteiger partial charge in [0.05, 0.1) is 0 Å². The van der Waals surface area contributed by atoms with Crippen LogP contribution in [0.4, 0.5) is 9.18 Å². The van der Waals surface area contributed by atoms with Crippen molar-refractivity contribution in [1.82, 2.24) is 5.32 Å². The minimum atomic E-state index is -1.64. The number of ether oxygens (including phenoxy) is 1. The Balaban J connectivity index is 1.74. The van der Waals surface area contributed by atoms with Crippen molar-refractivity contribution in [2.24, 2.45) is 0 Å². The second-order valence-electron chi connectivity index (χ2n) is 5.51. The molecule has 0 radical (unpaired) electrons. The molecule has 0 saturated heterocycles. The van der Waals surface area contributed by atoms with Crippen LogP contribution in [0.25, 0.3) is 11.1 Å². The van der Waals surface area contributed by atoms with Crippen molar-refractivity contribution in [3.63, 3.8) is 0 Å². The summed E-state index contributed by atoms with van der Waals surface area (Å²) in [4.78, 5) is 22.5. The summed E-state index contributed by atoms with van der Waals surface area (Å²) in [5.74, 6) is -0.210. The molecule has 1 amide bonds. The van der Waals surface area contributed by atoms with Crippen LogP contribution < -0.4 is 5.32 Å². The van der Waals surface area contributed by atoms with Gasteiger partial charge in [0.15, 0.2) is 0 Å². The first kappa shape index (κ1) is 16.5. The molecule has 124 valence electrons. The number of carbonyl (C=O) groups excluding carboxylic acids is 2. The first-order valence-electron chi connectivity index (χ1n) is 7.53. The predicted octanol–water partition coefficient (Wildman–Crippen LogP) is 3.32. The summed E-state index contributed by atoms with van der Waals surface area (Å²) >= 11 is 3.83. The lowest BCUT2D eigenvalue weighted by molar-refractivity contribution is -0.130. The largest absolute Gasteiger partial charge is 0.449 e. The number of hydrogen-bond donors (Lipinski definition) is 2. The van der Waals surface area contributed by atoms with Gasteiger partial charge >= 0.3 is 12.1 Å². The molecule has 0 fully saturated rings. The van der Waals surface area contributed by atoms with Crippen molar-refractivity contribution in [2.75, 3.05) is 12.4 Å². The number of alkyl carbamates (subject to hydrolysis) is 1. The number of halogens is 1. The summed E-state index contributed by atoms with van der Waals surface area (Å²) in [6.07, 6.45) is -0.832. The summed E-state index contributed by atoms with van der Waals surface area (Å²) in [6.45, 7) is 0.111. The molecular weight excluding hydrogens is 329 g/mol. The van der Waals surface area contributed by atoms with Crippen LogP contribution in [0.2, 0.25) is 0 Å². The number of carbonyl (C=O) groups is 2. The van der Waals surface area contributed by atoms with Crippen LogP contribution in [0.1, 0.15) is 17.0 Å². The monoisotopic (exact) mass is 345 g/mol. The average molecular weight is 345 g/mol. The molecule has 2 aromatic carbocycles. The number of benzene rings is 2. The molecule has 24 heavy (non-hydrogen) atoms. The van der Waals surface area contributed by atoms with Gasteiger partial charge in [-0.05, 0) is 22.3 Å². The molecule has 4 nitrogen and oxygen atoms in total. The zero-order valence-corrected chi connectivity index (χ0v) is 13.6. The topological polar surface area (TPSA) is 55.4 Å². The molecule has 1 aliphatic rings. The van der Waals surface area contributed by atoms with Gasteiger partial charge in [0, 0.05) is 11.7 Å². The standard InChI is InChI=1S/C18H16FNO3S/c19-17(21)16(10-24)20-18(22)23-9-15-13-7-3-1-5-11(13)12-6-2-4-8-14(12)15/h1-8,15-16,24H,9-10H2,(H,20,22)/t16-/m0/s1. The number of fused-ring (bicyclic) bond motifs is 3. The fourth-order valence-corrected chi connectivity index (χ4v) is 3.19. The van der Waals surface area contributed by atoms with E-state index in [0.29, 0.717) is 0 Å². The second kappa shape index (κ2) is 7.05. The Morgan fingerprint density at radius 1 is 1.08 bits per heavy atom. The van der Waals surface area contributed by atoms with Crippen molar-refractivity contribution in [3.8, 4) is 11.1 Å². The van der Waals surface area contributed by atoms with E-state index in [1.165, 1.54) is 0 Å². The third-order valence-corrected chi connectivity index (χ3v) is 4.46. The lowest BCUT2D eigenvalue weighted by Gasteiger charge is -2.16. The van der Waals surface area contributed by atoms with Gasteiger partial charge in [0.2, 0.25) is 0 Å². The number of amides is 1. The number of nitrogens with one attached hydrogen (secondary N) is 1. The highest BCUT2D eigenvalue weighted by Gasteiger charge is 2.29. The SMILES string of the molecule is O=C(N[C@@H](CS)C(=O)F)OCC1c2ccccc2-c2ccccc21. The number of thiol groups is 1. The highest BCUT2D eigenvalue weighted by atomic mass is 32.1. The van der Waals surface area contributed by atoms with Gasteiger partial charge in [-0.25, -0.2) is 4.79 Å². The molecule has 1 aliphatic carbocycles. The van der Waals surface area contributed by atoms with E-state index in [-0.39, 0.29) is 18.3 Å². The molecule has 6 heteroatoms. The fourth-order valence-electron chi connectivity index (χ4n) is 2.96. The molecule has 0 saturated carbocycles. The van der Waals surface area contributed by atoms with Crippen molar-refractivity contribution in [2.45, 2.75) is 12.0 Å². The smallest absolute Gasteiger partial charge is 0.407 e. The molecule has 1 atom stereocenters. The van der Waals surface area contributed by atoms with Gasteiger partial charge in [0.1, 0.15) is 12.6 Å². The van der Waals surface area contributed by atoms with Gasteiger partial charge in [-0.15, -0.1) is 0 Å². The molecule has 0 aliphatic heterocycles. The molecule has 1 N–H and O–H groups in total. The van der Waals surface area contributed by atoms with Crippen LogP contribution in [0.15, 0.2) is 48.5 Å². The van der Waals surface area contributed by atoms with E-state index < -0.39 is 18.2 Å². The molecule has 0 aromatic heterocycles. The summed E-state index contributed by atoms with van der Waals surface area (Å²) in [5.41, 5.74) is 4.40. The van der Waals surface area contributed by atoms with E-state index in [1.54, 1.807) is 0 Å². The summed E-state index contributed by atoms with van der Waals surface area (Å²) in [5, 5.41) is 2.18. The second-order valence-corrected chi connectivity index (χ2v) is 5.87. The van der Waals surface area contributed by atoms with Gasteiger partial charge in [-0.2, -0.15) is 17.0 Å². The van der Waals surface area contributed by atoms with E-state index in [9.17, 15) is 14.0 Å². The third-order valence-electron chi connectivity index (χ3n) is 4.09. The summed E-state index contributed by atoms with van der Waals surface area (Å²) < 4.78 is 17.9. The van der Waals surface area contributed by atoms with Crippen LogP contribution in [-0.4, -0.2) is 30.5 Å². The van der Waals surface area contributed by atoms with Crippen LogP contribution in [-0.2, 0) is 9.53 Å². The molecule has 3 rings (SSSR count). The molecule has 0 bridgehead atoms. The fraction of sp³-hybridized carbons (Fsp3) is 0.222. The Labute approximate surface area is 144 Å². The van der Waals surface area contributed by atoms with Crippen molar-refractivity contribution < 1.29 is 18.7 Å². The molecular formula is C18H16FNO3S. The maximum atomic E-state index is 12.7. The zero-order valence-electron chi connectivity index (χ0n) is 12.7. The molecule has 0 spiro atoms. The Morgan fingerprint density at radius 2 is 1.62 bits per heavy atom. The van der Waals surface area contributed by atoms with E-state index in [2.05, 4.69) is 17.9 Å². The summed E-state index contributed by atoms with van der Waals surface area (Å²) in [7, 11) is 0. The van der Waals surface area contributed by atoms with Crippen LogP contribution >= 0.6 is 12.6 Å². The highest BCUT2D eigenvalue weighted by Crippen LogP contribution is 2.44. The normalized spacial score (nSPS) is 13.8. The summed E-state index contributed by atoms with van der Waals surface area (Å²) in [6, 6.07) is 13.0. The highest BCUT2D eigenvalue weighted by molar-refractivity contribution is 7.80. The number of rotatable bonds is 5. The van der Waals surface area contributed by atoms with Gasteiger partial charge in [-0.1, -0.05) is 48.5 Å². The van der Waals surface area contributed by atoms with Crippen LogP contribution in [0.3, 0.4) is 0 Å². The van der Waals surface area contributed by atoms with Crippen molar-refractivity contribution in [1.29, 1.82) is 0 Å². The van der Waals surface area contributed by atoms with Gasteiger partial charge in [-0.3, -0.25) is 4.79 Å². The van der Waals surface area contributed by atoms with Gasteiger partial charge in [0.25, 0.3) is 0 Å². The Morgan fingerprint density at radius 3 is 2.12 bits per heavy atom. The number of hydrogen-bond acceptors (Lipinski definition) is 4. The Kier molecular flexibility index (Phi) is 4.85. The van der Waals surface area contributed by atoms with E-state index in [4.69, 9.17) is 4.74 Å². The predicted molar refractivity (Wildman–Crippen MR) is 92.0 cm³/mol. The van der Waals surface area contributed by atoms with Gasteiger partial charge < -0.3 is 10.1 Å². The van der Waals surface area contributed by atoms with E-state index in [1.807, 2.05) is 48.5 Å². The molecule has 0 heterocycles. The quantitative estimate of drug-likeness (QED) is 0.646. The molecule has 0 unspecified atom stereocenters. The minimum absolute atomic E-state index is 0.0846. The van der Waals surface area contributed by atoms with Crippen molar-refractivity contribution >= 4 is 24.8 Å². The zero-order chi connectivity index (χ0) is 17.1. The maximum Gasteiger partial charge on any atom is 0.407 e. The third kappa shape index (κ3) is 3.14. The molecule has 2 aromatic rings. The Bertz CT molecular complexity index is 735. The first-order valence-corrected chi connectivity index (χ1v) is 8.16. The maximum absolute atomic E-state index is 12.7. The lowest BCUT2D eigenvalue weighted by Crippen LogP contribution is -2.41. The average Bonchev–Trinajstić information content (AvgIpc) is 2.91.